The molecule has 0 fully saturated rings. The van der Waals surface area contributed by atoms with Crippen molar-refractivity contribution in [1.29, 1.82) is 0 Å². The van der Waals surface area contributed by atoms with E-state index in [1.54, 1.807) is 6.07 Å². The molecule has 0 aromatic heterocycles. The molecule has 1 aliphatic rings. The van der Waals surface area contributed by atoms with Crippen LogP contribution < -0.4 is 0 Å². The fourth-order valence-electron chi connectivity index (χ4n) is 1.61. The van der Waals surface area contributed by atoms with Crippen LogP contribution in [0.25, 0.3) is 0 Å². The van der Waals surface area contributed by atoms with Gasteiger partial charge in [-0.15, -0.1) is 0 Å². The molecule has 0 spiro atoms. The molecule has 0 unspecified atom stereocenters. The lowest BCUT2D eigenvalue weighted by molar-refractivity contribution is 0.454. The Hall–Kier alpha value is -1.70. The number of hydrogen-bond acceptors (Lipinski definition) is 2. The summed E-state index contributed by atoms with van der Waals surface area (Å²) in [6, 6.07) is 4.59. The smallest absolute Gasteiger partial charge is 0.119 e. The predicted molar refractivity (Wildman–Crippen MR) is 55.4 cm³/mol. The zero-order valence-corrected chi connectivity index (χ0v) is 7.72. The summed E-state index contributed by atoms with van der Waals surface area (Å²) in [6.07, 6.45) is 9.08. The lowest BCUT2D eigenvalue weighted by atomic mass is 9.94. The molecule has 14 heavy (non-hydrogen) atoms. The Morgan fingerprint density at radius 1 is 1.07 bits per heavy atom. The van der Waals surface area contributed by atoms with Crippen LogP contribution in [0.3, 0.4) is 0 Å². The normalized spacial score (nSPS) is 16.0. The van der Waals surface area contributed by atoms with Crippen LogP contribution in [0.5, 0.6) is 11.5 Å². The van der Waals surface area contributed by atoms with E-state index < -0.39 is 0 Å². The van der Waals surface area contributed by atoms with Crippen LogP contribution in [0.4, 0.5) is 0 Å². The van der Waals surface area contributed by atoms with Crippen molar-refractivity contribution in [1.82, 2.24) is 0 Å². The van der Waals surface area contributed by atoms with Gasteiger partial charge in [0.05, 0.1) is 0 Å². The predicted octanol–water partition coefficient (Wildman–Crippen LogP) is 2.70. The monoisotopic (exact) mass is 188 g/mol. The molecule has 2 N–H and O–H groups in total. The molecule has 1 aromatic carbocycles. The second-order valence-electron chi connectivity index (χ2n) is 3.36. The third-order valence-electron chi connectivity index (χ3n) is 2.33. The van der Waals surface area contributed by atoms with Crippen molar-refractivity contribution in [2.75, 3.05) is 0 Å². The minimum Gasteiger partial charge on any atom is -0.508 e. The maximum atomic E-state index is 9.61. The van der Waals surface area contributed by atoms with Crippen LogP contribution in [0.1, 0.15) is 17.9 Å². The second-order valence-corrected chi connectivity index (χ2v) is 3.36. The summed E-state index contributed by atoms with van der Waals surface area (Å²) in [4.78, 5) is 0. The van der Waals surface area contributed by atoms with Crippen molar-refractivity contribution in [3.8, 4) is 11.5 Å². The Morgan fingerprint density at radius 3 is 2.50 bits per heavy atom. The van der Waals surface area contributed by atoms with Gasteiger partial charge in [-0.3, -0.25) is 0 Å². The van der Waals surface area contributed by atoms with Gasteiger partial charge >= 0.3 is 0 Å². The first-order valence-electron chi connectivity index (χ1n) is 4.62. The van der Waals surface area contributed by atoms with Crippen molar-refractivity contribution >= 4 is 0 Å². The van der Waals surface area contributed by atoms with Crippen molar-refractivity contribution < 1.29 is 10.2 Å². The largest absolute Gasteiger partial charge is 0.508 e. The lowest BCUT2D eigenvalue weighted by Gasteiger charge is -2.13. The molecule has 2 heteroatoms. The van der Waals surface area contributed by atoms with Gasteiger partial charge in [0, 0.05) is 11.5 Å². The van der Waals surface area contributed by atoms with Crippen molar-refractivity contribution in [2.24, 2.45) is 0 Å². The number of allylic oxidation sites excluding steroid dienone is 4. The summed E-state index contributed by atoms with van der Waals surface area (Å²) in [7, 11) is 0. The zero-order chi connectivity index (χ0) is 9.97. The highest BCUT2D eigenvalue weighted by Gasteiger charge is 2.11. The van der Waals surface area contributed by atoms with Crippen LogP contribution in [-0.2, 0) is 0 Å². The van der Waals surface area contributed by atoms with Gasteiger partial charge in [0.25, 0.3) is 0 Å². The number of aromatic hydroxyl groups is 2. The molecule has 1 aromatic rings. The van der Waals surface area contributed by atoms with E-state index in [4.69, 9.17) is 0 Å². The maximum Gasteiger partial charge on any atom is 0.119 e. The molecular weight excluding hydrogens is 176 g/mol. The second kappa shape index (κ2) is 3.58. The lowest BCUT2D eigenvalue weighted by Crippen LogP contribution is -1.94. The van der Waals surface area contributed by atoms with Crippen LogP contribution >= 0.6 is 0 Å². The van der Waals surface area contributed by atoms with Gasteiger partial charge in [0.1, 0.15) is 11.5 Å². The first kappa shape index (κ1) is 8.88. The highest BCUT2D eigenvalue weighted by molar-refractivity contribution is 5.45. The number of phenols is 2. The standard InChI is InChI=1S/C12H12O2/c13-10-6-7-12(14)11(8-10)9-4-2-1-3-5-9/h2-9,13-14H,1H2. The van der Waals surface area contributed by atoms with E-state index in [0.29, 0.717) is 0 Å². The fraction of sp³-hybridized carbons (Fsp3) is 0.167. The summed E-state index contributed by atoms with van der Waals surface area (Å²) < 4.78 is 0. The van der Waals surface area contributed by atoms with Gasteiger partial charge < -0.3 is 10.2 Å². The summed E-state index contributed by atoms with van der Waals surface area (Å²) in [5, 5.41) is 18.9. The highest BCUT2D eigenvalue weighted by Crippen LogP contribution is 2.32. The Balaban J connectivity index is 2.39. The Labute approximate surface area is 82.8 Å². The minimum atomic E-state index is 0.0795. The van der Waals surface area contributed by atoms with Gasteiger partial charge in [-0.1, -0.05) is 24.3 Å². The molecular formula is C12H12O2. The van der Waals surface area contributed by atoms with Gasteiger partial charge in [-0.05, 0) is 24.6 Å². The molecule has 0 aliphatic heterocycles. The molecule has 0 bridgehead atoms. The van der Waals surface area contributed by atoms with Crippen LogP contribution in [0.2, 0.25) is 0 Å². The molecule has 0 saturated carbocycles. The van der Waals surface area contributed by atoms with E-state index >= 15 is 0 Å². The Morgan fingerprint density at radius 2 is 1.79 bits per heavy atom. The van der Waals surface area contributed by atoms with E-state index in [2.05, 4.69) is 0 Å². The number of hydrogen-bond donors (Lipinski definition) is 2. The van der Waals surface area contributed by atoms with Gasteiger partial charge in [-0.2, -0.15) is 0 Å². The Kier molecular flexibility index (Phi) is 2.27. The van der Waals surface area contributed by atoms with Crippen LogP contribution in [0, 0.1) is 0 Å². The number of rotatable bonds is 1. The van der Waals surface area contributed by atoms with E-state index in [1.807, 2.05) is 24.3 Å². The molecule has 1 aliphatic carbocycles. The fourth-order valence-corrected chi connectivity index (χ4v) is 1.61. The van der Waals surface area contributed by atoms with Crippen molar-refractivity contribution in [2.45, 2.75) is 12.3 Å². The third kappa shape index (κ3) is 1.64. The molecule has 0 heterocycles. The number of phenolic OH excluding ortho intramolecular Hbond substituents is 2. The zero-order valence-electron chi connectivity index (χ0n) is 7.72. The maximum absolute atomic E-state index is 9.61. The van der Waals surface area contributed by atoms with Crippen LogP contribution in [0.15, 0.2) is 42.5 Å². The summed E-state index contributed by atoms with van der Waals surface area (Å²) in [6.45, 7) is 0. The molecule has 2 rings (SSSR count). The molecule has 0 radical (unpaired) electrons. The summed E-state index contributed by atoms with van der Waals surface area (Å²) >= 11 is 0. The quantitative estimate of drug-likeness (QED) is 0.525. The van der Waals surface area contributed by atoms with Gasteiger partial charge in [0.2, 0.25) is 0 Å². The average molecular weight is 188 g/mol. The van der Waals surface area contributed by atoms with E-state index in [9.17, 15) is 10.2 Å². The first-order valence-corrected chi connectivity index (χ1v) is 4.62. The SMILES string of the molecule is Oc1ccc(O)c(C2C=CCC=C2)c1. The molecule has 0 atom stereocenters. The third-order valence-corrected chi connectivity index (χ3v) is 2.33. The summed E-state index contributed by atoms with van der Waals surface area (Å²) in [5.74, 6) is 0.491. The van der Waals surface area contributed by atoms with E-state index in [-0.39, 0.29) is 17.4 Å². The Bertz CT molecular complexity index is 379. The van der Waals surface area contributed by atoms with Crippen molar-refractivity contribution in [3.63, 3.8) is 0 Å². The van der Waals surface area contributed by atoms with E-state index in [0.717, 1.165) is 12.0 Å². The van der Waals surface area contributed by atoms with E-state index in [1.165, 1.54) is 12.1 Å². The molecule has 0 saturated heterocycles. The number of benzene rings is 1. The highest BCUT2D eigenvalue weighted by atomic mass is 16.3. The molecule has 0 amide bonds. The van der Waals surface area contributed by atoms with Gasteiger partial charge in [0.15, 0.2) is 0 Å². The average Bonchev–Trinajstić information content (AvgIpc) is 2.23. The summed E-state index contributed by atoms with van der Waals surface area (Å²) in [5.41, 5.74) is 0.747. The van der Waals surface area contributed by atoms with Gasteiger partial charge in [-0.25, -0.2) is 0 Å². The molecule has 72 valence electrons. The van der Waals surface area contributed by atoms with Crippen molar-refractivity contribution in [3.05, 3.63) is 48.1 Å². The molecule has 2 nitrogen and oxygen atoms in total. The minimum absolute atomic E-state index is 0.0795. The topological polar surface area (TPSA) is 40.5 Å². The van der Waals surface area contributed by atoms with Crippen LogP contribution in [-0.4, -0.2) is 10.2 Å². The first-order chi connectivity index (χ1) is 6.77.